The van der Waals surface area contributed by atoms with Crippen LogP contribution in [0.15, 0.2) is 42.6 Å². The van der Waals surface area contributed by atoms with Crippen molar-refractivity contribution in [1.29, 1.82) is 0 Å². The topological polar surface area (TPSA) is 85.1 Å². The Hall–Kier alpha value is -2.69. The number of nitrogens with zero attached hydrogens (tertiary/aromatic N) is 1. The first-order valence-electron chi connectivity index (χ1n) is 9.65. The summed E-state index contributed by atoms with van der Waals surface area (Å²) in [6, 6.07) is 11.9. The van der Waals surface area contributed by atoms with Gasteiger partial charge in [-0.15, -0.1) is 0 Å². The molecule has 4 rings (SSSR count). The number of aryl methyl sites for hydroxylation is 1. The zero-order valence-electron chi connectivity index (χ0n) is 15.5. The van der Waals surface area contributed by atoms with Crippen molar-refractivity contribution in [3.05, 3.63) is 53.7 Å². The van der Waals surface area contributed by atoms with Crippen LogP contribution < -0.4 is 11.1 Å². The van der Waals surface area contributed by atoms with E-state index in [0.717, 1.165) is 18.4 Å². The maximum atomic E-state index is 13.1. The van der Waals surface area contributed by atoms with Crippen LogP contribution in [-0.4, -0.2) is 16.7 Å². The molecule has 0 saturated heterocycles. The Balaban J connectivity index is 1.56. The van der Waals surface area contributed by atoms with E-state index in [2.05, 4.69) is 22.4 Å². The minimum absolute atomic E-state index is 0.134. The van der Waals surface area contributed by atoms with Crippen LogP contribution in [0, 0.1) is 24.7 Å². The van der Waals surface area contributed by atoms with Crippen molar-refractivity contribution < 1.29 is 9.59 Å². The molecule has 2 saturated carbocycles. The van der Waals surface area contributed by atoms with Crippen molar-refractivity contribution in [1.82, 2.24) is 4.98 Å². The standard InChI is InChI=1S/C22H25N3O2/c1-13-9-17(12-24-21(13)23)25-22(27)20(26)18-11-14-7-8-16(10-14)19(18)15-5-3-2-4-6-15/h2-6,9,12,14,16,18-19H,7-8,10-11H2,1H3,(H2,23,24)(H,25,27)/t14-,16+,18?,19-/m1/s1. The lowest BCUT2D eigenvalue weighted by Gasteiger charge is -2.36. The molecule has 1 amide bonds. The molecule has 140 valence electrons. The Morgan fingerprint density at radius 3 is 2.67 bits per heavy atom. The lowest BCUT2D eigenvalue weighted by molar-refractivity contribution is -0.138. The molecule has 2 aliphatic rings. The number of hydrogen-bond acceptors (Lipinski definition) is 4. The number of rotatable bonds is 4. The average molecular weight is 363 g/mol. The van der Waals surface area contributed by atoms with E-state index in [-0.39, 0.29) is 17.6 Å². The molecule has 1 aromatic heterocycles. The summed E-state index contributed by atoms with van der Waals surface area (Å²) >= 11 is 0. The molecule has 5 nitrogen and oxygen atoms in total. The second kappa shape index (κ2) is 7.14. The summed E-state index contributed by atoms with van der Waals surface area (Å²) in [4.78, 5) is 29.9. The first-order valence-corrected chi connectivity index (χ1v) is 9.65. The summed E-state index contributed by atoms with van der Waals surface area (Å²) in [5.41, 5.74) is 8.19. The quantitative estimate of drug-likeness (QED) is 0.811. The Bertz CT molecular complexity index is 865. The van der Waals surface area contributed by atoms with Crippen LogP contribution in [0.25, 0.3) is 0 Å². The number of nitrogen functional groups attached to an aromatic ring is 1. The molecule has 1 aromatic carbocycles. The van der Waals surface area contributed by atoms with Gasteiger partial charge in [0.1, 0.15) is 5.82 Å². The zero-order chi connectivity index (χ0) is 19.0. The SMILES string of the molecule is Cc1cc(NC(=O)C(=O)C2C[C@@H]3CC[C@@H](C3)[C@H]2c2ccccc2)cnc1N. The third kappa shape index (κ3) is 3.46. The molecule has 1 heterocycles. The maximum absolute atomic E-state index is 13.1. The number of amides is 1. The number of carbonyl (C=O) groups excluding carboxylic acids is 2. The Kier molecular flexibility index (Phi) is 4.68. The van der Waals surface area contributed by atoms with Gasteiger partial charge in [0, 0.05) is 5.92 Å². The van der Waals surface area contributed by atoms with Crippen LogP contribution in [0.1, 0.15) is 42.7 Å². The number of nitrogens with two attached hydrogens (primary N) is 1. The van der Waals surface area contributed by atoms with Gasteiger partial charge in [0.25, 0.3) is 5.91 Å². The van der Waals surface area contributed by atoms with Crippen molar-refractivity contribution in [3.63, 3.8) is 0 Å². The summed E-state index contributed by atoms with van der Waals surface area (Å²) in [6.07, 6.45) is 5.79. The van der Waals surface area contributed by atoms with Gasteiger partial charge in [0.15, 0.2) is 0 Å². The highest BCUT2D eigenvalue weighted by Crippen LogP contribution is 2.52. The highest BCUT2D eigenvalue weighted by atomic mass is 16.2. The van der Waals surface area contributed by atoms with E-state index in [1.165, 1.54) is 24.6 Å². The van der Waals surface area contributed by atoms with Gasteiger partial charge < -0.3 is 11.1 Å². The van der Waals surface area contributed by atoms with Gasteiger partial charge in [-0.05, 0) is 61.1 Å². The largest absolute Gasteiger partial charge is 0.383 e. The number of hydrogen-bond donors (Lipinski definition) is 2. The number of anilines is 2. The molecule has 3 N–H and O–H groups in total. The molecule has 0 spiro atoms. The van der Waals surface area contributed by atoms with E-state index in [1.54, 1.807) is 6.07 Å². The third-order valence-electron chi connectivity index (χ3n) is 6.23. The number of nitrogens with one attached hydrogen (secondary N) is 1. The number of fused-ring (bicyclic) bond motifs is 2. The van der Waals surface area contributed by atoms with Gasteiger partial charge in [0.05, 0.1) is 11.9 Å². The van der Waals surface area contributed by atoms with E-state index in [1.807, 2.05) is 25.1 Å². The van der Waals surface area contributed by atoms with Crippen molar-refractivity contribution in [3.8, 4) is 0 Å². The lowest BCUT2D eigenvalue weighted by atomic mass is 9.67. The van der Waals surface area contributed by atoms with Crippen LogP contribution in [0.4, 0.5) is 11.5 Å². The molecule has 4 atom stereocenters. The molecule has 5 heteroatoms. The predicted molar refractivity (Wildman–Crippen MR) is 105 cm³/mol. The Labute approximate surface area is 159 Å². The van der Waals surface area contributed by atoms with Crippen LogP contribution in [0.5, 0.6) is 0 Å². The molecule has 2 bridgehead atoms. The maximum Gasteiger partial charge on any atom is 0.292 e. The average Bonchev–Trinajstić information content (AvgIpc) is 3.05. The van der Waals surface area contributed by atoms with Gasteiger partial charge in [-0.25, -0.2) is 4.98 Å². The number of ketones is 1. The highest BCUT2D eigenvalue weighted by molar-refractivity contribution is 6.41. The normalized spacial score (nSPS) is 26.6. The summed E-state index contributed by atoms with van der Waals surface area (Å²) in [7, 11) is 0. The van der Waals surface area contributed by atoms with Crippen LogP contribution in [-0.2, 0) is 9.59 Å². The van der Waals surface area contributed by atoms with E-state index in [9.17, 15) is 9.59 Å². The minimum Gasteiger partial charge on any atom is -0.383 e. The number of Topliss-reactive ketones (excluding diaryl/α,β-unsaturated/α-hetero) is 1. The van der Waals surface area contributed by atoms with Gasteiger partial charge >= 0.3 is 0 Å². The minimum atomic E-state index is -0.548. The van der Waals surface area contributed by atoms with Crippen LogP contribution in [0.3, 0.4) is 0 Å². The third-order valence-corrected chi connectivity index (χ3v) is 6.23. The van der Waals surface area contributed by atoms with E-state index < -0.39 is 5.91 Å². The molecule has 0 aliphatic heterocycles. The second-order valence-electron chi connectivity index (χ2n) is 7.96. The van der Waals surface area contributed by atoms with Gasteiger partial charge in [-0.1, -0.05) is 36.8 Å². The zero-order valence-corrected chi connectivity index (χ0v) is 15.5. The molecular weight excluding hydrogens is 338 g/mol. The molecule has 2 fully saturated rings. The van der Waals surface area contributed by atoms with Crippen molar-refractivity contribution >= 4 is 23.2 Å². The van der Waals surface area contributed by atoms with E-state index >= 15 is 0 Å². The fraction of sp³-hybridized carbons (Fsp3) is 0.409. The smallest absolute Gasteiger partial charge is 0.292 e. The van der Waals surface area contributed by atoms with E-state index in [0.29, 0.717) is 23.3 Å². The number of benzene rings is 1. The Morgan fingerprint density at radius 2 is 1.93 bits per heavy atom. The Morgan fingerprint density at radius 1 is 1.15 bits per heavy atom. The van der Waals surface area contributed by atoms with Crippen molar-refractivity contribution in [2.45, 2.75) is 38.5 Å². The van der Waals surface area contributed by atoms with Gasteiger partial charge in [0.2, 0.25) is 5.78 Å². The van der Waals surface area contributed by atoms with Crippen molar-refractivity contribution in [2.24, 2.45) is 17.8 Å². The van der Waals surface area contributed by atoms with Crippen LogP contribution in [0.2, 0.25) is 0 Å². The summed E-state index contributed by atoms with van der Waals surface area (Å²) in [5.74, 6) is 0.511. The highest BCUT2D eigenvalue weighted by Gasteiger charge is 2.46. The van der Waals surface area contributed by atoms with Crippen LogP contribution >= 0.6 is 0 Å². The molecule has 1 unspecified atom stereocenters. The number of pyridine rings is 1. The number of carbonyl (C=O) groups is 2. The summed E-state index contributed by atoms with van der Waals surface area (Å²) in [5, 5.41) is 2.72. The summed E-state index contributed by atoms with van der Waals surface area (Å²) < 4.78 is 0. The number of aromatic nitrogens is 1. The molecular formula is C22H25N3O2. The fourth-order valence-electron chi connectivity index (χ4n) is 4.95. The first-order chi connectivity index (χ1) is 13.0. The van der Waals surface area contributed by atoms with Gasteiger partial charge in [-0.2, -0.15) is 0 Å². The summed E-state index contributed by atoms with van der Waals surface area (Å²) in [6.45, 7) is 1.82. The molecule has 0 radical (unpaired) electrons. The second-order valence-corrected chi connectivity index (χ2v) is 7.96. The van der Waals surface area contributed by atoms with E-state index in [4.69, 9.17) is 5.73 Å². The fourth-order valence-corrected chi connectivity index (χ4v) is 4.95. The molecule has 27 heavy (non-hydrogen) atoms. The van der Waals surface area contributed by atoms with Crippen molar-refractivity contribution in [2.75, 3.05) is 11.1 Å². The molecule has 2 aliphatic carbocycles. The van der Waals surface area contributed by atoms with Gasteiger partial charge in [-0.3, -0.25) is 9.59 Å². The molecule has 2 aromatic rings. The predicted octanol–water partition coefficient (Wildman–Crippen LogP) is 3.70. The lowest BCUT2D eigenvalue weighted by Crippen LogP contribution is -2.38. The monoisotopic (exact) mass is 363 g/mol. The first kappa shape index (κ1) is 17.7.